The molecular formula is C15H25NO2S. The van der Waals surface area contributed by atoms with Crippen molar-refractivity contribution in [1.82, 2.24) is 5.32 Å². The van der Waals surface area contributed by atoms with Crippen LogP contribution in [0.4, 0.5) is 0 Å². The van der Waals surface area contributed by atoms with Crippen LogP contribution in [0.5, 0.6) is 0 Å². The van der Waals surface area contributed by atoms with Crippen molar-refractivity contribution in [3.63, 3.8) is 0 Å². The van der Waals surface area contributed by atoms with Gasteiger partial charge in [-0.05, 0) is 45.7 Å². The van der Waals surface area contributed by atoms with Crippen LogP contribution < -0.4 is 5.32 Å². The molecule has 1 aliphatic rings. The van der Waals surface area contributed by atoms with Gasteiger partial charge in [-0.1, -0.05) is 0 Å². The first kappa shape index (κ1) is 15.0. The summed E-state index contributed by atoms with van der Waals surface area (Å²) in [6.45, 7) is 9.93. The van der Waals surface area contributed by atoms with Gasteiger partial charge < -0.3 is 14.8 Å². The molecule has 1 aliphatic heterocycles. The summed E-state index contributed by atoms with van der Waals surface area (Å²) in [6, 6.07) is 4.38. The zero-order chi connectivity index (χ0) is 13.7. The molecule has 108 valence electrons. The summed E-state index contributed by atoms with van der Waals surface area (Å²) in [5, 5.41) is 3.51. The van der Waals surface area contributed by atoms with Gasteiger partial charge in [0, 0.05) is 35.1 Å². The summed E-state index contributed by atoms with van der Waals surface area (Å²) in [5.74, 6) is 0. The normalized spacial score (nSPS) is 17.8. The summed E-state index contributed by atoms with van der Waals surface area (Å²) < 4.78 is 11.3. The molecule has 0 amide bonds. The lowest BCUT2D eigenvalue weighted by Gasteiger charge is -2.22. The van der Waals surface area contributed by atoms with E-state index in [1.165, 1.54) is 9.75 Å². The predicted octanol–water partition coefficient (Wildman–Crippen LogP) is 3.33. The van der Waals surface area contributed by atoms with E-state index in [9.17, 15) is 0 Å². The molecule has 1 N–H and O–H groups in total. The Hall–Kier alpha value is -0.420. The Morgan fingerprint density at radius 1 is 1.26 bits per heavy atom. The number of rotatable bonds is 5. The lowest BCUT2D eigenvalue weighted by atomic mass is 10.1. The first-order chi connectivity index (χ1) is 9.03. The van der Waals surface area contributed by atoms with Gasteiger partial charge in [-0.25, -0.2) is 0 Å². The smallest absolute Gasteiger partial charge is 0.0813 e. The van der Waals surface area contributed by atoms with Gasteiger partial charge in [-0.2, -0.15) is 0 Å². The second-order valence-electron chi connectivity index (χ2n) is 6.09. The predicted molar refractivity (Wildman–Crippen MR) is 79.5 cm³/mol. The molecule has 2 heterocycles. The van der Waals surface area contributed by atoms with Gasteiger partial charge in [0.05, 0.1) is 12.7 Å². The first-order valence-electron chi connectivity index (χ1n) is 7.05. The van der Waals surface area contributed by atoms with E-state index < -0.39 is 0 Å². The monoisotopic (exact) mass is 283 g/mol. The maximum Gasteiger partial charge on any atom is 0.0813 e. The van der Waals surface area contributed by atoms with Crippen molar-refractivity contribution in [2.45, 2.75) is 58.4 Å². The molecule has 0 aliphatic carbocycles. The highest BCUT2D eigenvalue weighted by Crippen LogP contribution is 2.20. The molecule has 1 aromatic heterocycles. The quantitative estimate of drug-likeness (QED) is 0.899. The van der Waals surface area contributed by atoms with Gasteiger partial charge in [-0.3, -0.25) is 0 Å². The Kier molecular flexibility index (Phi) is 5.39. The summed E-state index contributed by atoms with van der Waals surface area (Å²) in [4.78, 5) is 2.69. The molecule has 4 heteroatoms. The van der Waals surface area contributed by atoms with E-state index >= 15 is 0 Å². The molecular weight excluding hydrogens is 258 g/mol. The van der Waals surface area contributed by atoms with Crippen molar-refractivity contribution in [3.8, 4) is 0 Å². The maximum atomic E-state index is 5.94. The molecule has 19 heavy (non-hydrogen) atoms. The zero-order valence-corrected chi connectivity index (χ0v) is 13.0. The van der Waals surface area contributed by atoms with Crippen molar-refractivity contribution in [3.05, 3.63) is 21.9 Å². The fourth-order valence-corrected chi connectivity index (χ4v) is 2.87. The molecule has 0 saturated carbocycles. The van der Waals surface area contributed by atoms with Crippen LogP contribution in [0.25, 0.3) is 0 Å². The Bertz CT molecular complexity index is 378. The lowest BCUT2D eigenvalue weighted by Crippen LogP contribution is -2.34. The second kappa shape index (κ2) is 6.84. The van der Waals surface area contributed by atoms with Crippen LogP contribution in [-0.4, -0.2) is 24.9 Å². The molecule has 1 fully saturated rings. The molecule has 0 atom stereocenters. The van der Waals surface area contributed by atoms with Crippen molar-refractivity contribution in [2.75, 3.05) is 13.2 Å². The van der Waals surface area contributed by atoms with Gasteiger partial charge in [0.15, 0.2) is 0 Å². The van der Waals surface area contributed by atoms with Crippen LogP contribution in [0, 0.1) is 0 Å². The molecule has 2 rings (SSSR count). The standard InChI is InChI=1S/C15H25NO2S/c1-15(2,3)16-10-13-4-5-14(19-13)11-18-12-6-8-17-9-7-12/h4-5,12,16H,6-11H2,1-3H3. The SMILES string of the molecule is CC(C)(C)NCc1ccc(COC2CCOCC2)s1. The van der Waals surface area contributed by atoms with E-state index in [0.717, 1.165) is 39.2 Å². The summed E-state index contributed by atoms with van der Waals surface area (Å²) in [7, 11) is 0. The molecule has 1 aromatic rings. The minimum absolute atomic E-state index is 0.169. The average Bonchev–Trinajstić information content (AvgIpc) is 2.82. The topological polar surface area (TPSA) is 30.5 Å². The third kappa shape index (κ3) is 5.61. The molecule has 0 unspecified atom stereocenters. The Labute approximate surface area is 120 Å². The van der Waals surface area contributed by atoms with Crippen LogP contribution in [0.1, 0.15) is 43.4 Å². The van der Waals surface area contributed by atoms with Crippen LogP contribution in [-0.2, 0) is 22.6 Å². The Balaban J connectivity index is 1.74. The average molecular weight is 283 g/mol. The third-order valence-corrected chi connectivity index (χ3v) is 4.20. The minimum Gasteiger partial charge on any atom is -0.381 e. The fourth-order valence-electron chi connectivity index (χ4n) is 1.99. The van der Waals surface area contributed by atoms with Gasteiger partial charge >= 0.3 is 0 Å². The molecule has 0 spiro atoms. The number of nitrogens with one attached hydrogen (secondary N) is 1. The van der Waals surface area contributed by atoms with Gasteiger partial charge in [0.1, 0.15) is 0 Å². The van der Waals surface area contributed by atoms with Crippen molar-refractivity contribution in [1.29, 1.82) is 0 Å². The number of ether oxygens (including phenoxy) is 2. The van der Waals surface area contributed by atoms with E-state index in [0.29, 0.717) is 6.10 Å². The number of thiophene rings is 1. The highest BCUT2D eigenvalue weighted by molar-refractivity contribution is 7.11. The molecule has 1 saturated heterocycles. The zero-order valence-electron chi connectivity index (χ0n) is 12.2. The van der Waals surface area contributed by atoms with Crippen LogP contribution in [0.3, 0.4) is 0 Å². The second-order valence-corrected chi connectivity index (χ2v) is 7.35. The molecule has 3 nitrogen and oxygen atoms in total. The van der Waals surface area contributed by atoms with Crippen LogP contribution in [0.2, 0.25) is 0 Å². The summed E-state index contributed by atoms with van der Waals surface area (Å²) in [6.07, 6.45) is 2.44. The van der Waals surface area contributed by atoms with Crippen LogP contribution >= 0.6 is 11.3 Å². The van der Waals surface area contributed by atoms with E-state index in [1.807, 2.05) is 11.3 Å². The highest BCUT2D eigenvalue weighted by atomic mass is 32.1. The summed E-state index contributed by atoms with van der Waals surface area (Å²) >= 11 is 1.84. The Morgan fingerprint density at radius 2 is 1.95 bits per heavy atom. The van der Waals surface area contributed by atoms with E-state index in [4.69, 9.17) is 9.47 Å². The Morgan fingerprint density at radius 3 is 2.63 bits per heavy atom. The summed E-state index contributed by atoms with van der Waals surface area (Å²) in [5.41, 5.74) is 0.169. The van der Waals surface area contributed by atoms with Crippen molar-refractivity contribution in [2.24, 2.45) is 0 Å². The molecule has 0 bridgehead atoms. The van der Waals surface area contributed by atoms with E-state index in [2.05, 4.69) is 38.2 Å². The van der Waals surface area contributed by atoms with E-state index in [-0.39, 0.29) is 5.54 Å². The molecule has 0 radical (unpaired) electrons. The maximum absolute atomic E-state index is 5.94. The van der Waals surface area contributed by atoms with Gasteiger partial charge in [0.25, 0.3) is 0 Å². The van der Waals surface area contributed by atoms with Gasteiger partial charge in [0.2, 0.25) is 0 Å². The minimum atomic E-state index is 0.169. The molecule has 0 aromatic carbocycles. The lowest BCUT2D eigenvalue weighted by molar-refractivity contribution is -0.0383. The van der Waals surface area contributed by atoms with Gasteiger partial charge in [-0.15, -0.1) is 11.3 Å². The number of hydrogen-bond acceptors (Lipinski definition) is 4. The van der Waals surface area contributed by atoms with Crippen LogP contribution in [0.15, 0.2) is 12.1 Å². The first-order valence-corrected chi connectivity index (χ1v) is 7.86. The third-order valence-electron chi connectivity index (χ3n) is 3.14. The number of hydrogen-bond donors (Lipinski definition) is 1. The largest absolute Gasteiger partial charge is 0.381 e. The van der Waals surface area contributed by atoms with E-state index in [1.54, 1.807) is 0 Å². The van der Waals surface area contributed by atoms with Crippen molar-refractivity contribution < 1.29 is 9.47 Å². The van der Waals surface area contributed by atoms with Crippen molar-refractivity contribution >= 4 is 11.3 Å². The fraction of sp³-hybridized carbons (Fsp3) is 0.733. The highest BCUT2D eigenvalue weighted by Gasteiger charge is 2.14.